The van der Waals surface area contributed by atoms with Crippen molar-refractivity contribution in [2.45, 2.75) is 43.2 Å². The average molecular weight is 323 g/mol. The molecule has 2 aliphatic heterocycles. The molecule has 2 bridgehead atoms. The zero-order valence-corrected chi connectivity index (χ0v) is 13.6. The van der Waals surface area contributed by atoms with Crippen LogP contribution in [0.15, 0.2) is 24.3 Å². The fraction of sp³-hybridized carbons (Fsp3) is 0.550. The van der Waals surface area contributed by atoms with Gasteiger partial charge in [-0.2, -0.15) is 0 Å². The number of phenolic OH excluding ortho intramolecular Hbond substituents is 1. The molecular formula is C20H21NO3. The Bertz CT molecular complexity index is 796. The van der Waals surface area contributed by atoms with Gasteiger partial charge in [0, 0.05) is 24.1 Å². The smallest absolute Gasteiger partial charge is 0.196 e. The van der Waals surface area contributed by atoms with Crippen LogP contribution in [-0.2, 0) is 16.6 Å². The van der Waals surface area contributed by atoms with E-state index in [1.54, 1.807) is 12.1 Å². The molecule has 1 aromatic rings. The fourth-order valence-corrected chi connectivity index (χ4v) is 5.83. The maximum atomic E-state index is 12.6. The van der Waals surface area contributed by atoms with Crippen molar-refractivity contribution in [1.82, 2.24) is 4.90 Å². The van der Waals surface area contributed by atoms with Gasteiger partial charge in [-0.3, -0.25) is 9.69 Å². The Balaban J connectivity index is 1.56. The lowest BCUT2D eigenvalue weighted by Gasteiger charge is -2.56. The zero-order valence-electron chi connectivity index (χ0n) is 13.6. The van der Waals surface area contributed by atoms with Gasteiger partial charge < -0.3 is 9.84 Å². The van der Waals surface area contributed by atoms with Crippen LogP contribution in [0.5, 0.6) is 11.5 Å². The first kappa shape index (κ1) is 13.5. The average Bonchev–Trinajstić information content (AvgIpc) is 3.32. The highest BCUT2D eigenvalue weighted by atomic mass is 16.5. The third-order valence-corrected chi connectivity index (χ3v) is 7.03. The lowest BCUT2D eigenvalue weighted by atomic mass is 9.53. The molecule has 2 heterocycles. The van der Waals surface area contributed by atoms with Crippen LogP contribution in [0.3, 0.4) is 0 Å². The first-order chi connectivity index (χ1) is 11.7. The third kappa shape index (κ3) is 1.47. The molecule has 1 spiro atoms. The molecule has 1 aromatic carbocycles. The molecule has 0 radical (unpaired) electrons. The molecule has 4 heteroatoms. The predicted octanol–water partition coefficient (Wildman–Crippen LogP) is 2.19. The topological polar surface area (TPSA) is 49.8 Å². The van der Waals surface area contributed by atoms with Gasteiger partial charge in [0.2, 0.25) is 0 Å². The number of ketones is 1. The highest BCUT2D eigenvalue weighted by molar-refractivity contribution is 5.98. The van der Waals surface area contributed by atoms with Crippen LogP contribution < -0.4 is 4.74 Å². The minimum absolute atomic E-state index is 0.0593. The van der Waals surface area contributed by atoms with E-state index in [2.05, 4.69) is 11.0 Å². The van der Waals surface area contributed by atoms with E-state index in [0.717, 1.165) is 30.9 Å². The van der Waals surface area contributed by atoms with Crippen LogP contribution >= 0.6 is 0 Å². The summed E-state index contributed by atoms with van der Waals surface area (Å²) in [5.74, 6) is 2.02. The minimum atomic E-state index is -0.444. The van der Waals surface area contributed by atoms with Gasteiger partial charge in [-0.1, -0.05) is 12.1 Å². The predicted molar refractivity (Wildman–Crippen MR) is 88.2 cm³/mol. The molecule has 2 unspecified atom stereocenters. The van der Waals surface area contributed by atoms with Gasteiger partial charge in [-0.15, -0.1) is 0 Å². The summed E-state index contributed by atoms with van der Waals surface area (Å²) in [5.41, 5.74) is 2.16. The second-order valence-corrected chi connectivity index (χ2v) is 8.23. The summed E-state index contributed by atoms with van der Waals surface area (Å²) in [6, 6.07) is 4.24. The summed E-state index contributed by atoms with van der Waals surface area (Å²) in [6.07, 6.45) is 8.12. The Kier molecular flexibility index (Phi) is 2.38. The number of benzene rings is 1. The van der Waals surface area contributed by atoms with E-state index in [1.807, 2.05) is 6.07 Å². The number of likely N-dealkylation sites (tertiary alicyclic amines) is 1. The van der Waals surface area contributed by atoms with Gasteiger partial charge in [0.25, 0.3) is 0 Å². The number of phenols is 1. The van der Waals surface area contributed by atoms with Gasteiger partial charge in [0.05, 0.1) is 5.41 Å². The van der Waals surface area contributed by atoms with Crippen molar-refractivity contribution in [2.24, 2.45) is 11.8 Å². The van der Waals surface area contributed by atoms with Gasteiger partial charge in [0.15, 0.2) is 23.4 Å². The monoisotopic (exact) mass is 323 g/mol. The van der Waals surface area contributed by atoms with Gasteiger partial charge >= 0.3 is 0 Å². The number of nitrogens with zero attached hydrogens (tertiary/aromatic N) is 1. The van der Waals surface area contributed by atoms with Crippen molar-refractivity contribution >= 4 is 5.78 Å². The van der Waals surface area contributed by atoms with Gasteiger partial charge in [-0.25, -0.2) is 0 Å². The highest BCUT2D eigenvalue weighted by Gasteiger charge is 2.64. The summed E-state index contributed by atoms with van der Waals surface area (Å²) < 4.78 is 6.08. The van der Waals surface area contributed by atoms with E-state index in [-0.39, 0.29) is 16.9 Å². The second kappa shape index (κ2) is 4.23. The Labute approximate surface area is 141 Å². The van der Waals surface area contributed by atoms with Gasteiger partial charge in [0.1, 0.15) is 0 Å². The lowest BCUT2D eigenvalue weighted by molar-refractivity contribution is -0.127. The van der Waals surface area contributed by atoms with Crippen molar-refractivity contribution < 1.29 is 14.6 Å². The van der Waals surface area contributed by atoms with Crippen LogP contribution in [0, 0.1) is 11.8 Å². The summed E-state index contributed by atoms with van der Waals surface area (Å²) in [5, 5.41) is 10.3. The number of carbonyl (C=O) groups is 1. The molecule has 0 aromatic heterocycles. The molecule has 1 saturated heterocycles. The largest absolute Gasteiger partial charge is 0.504 e. The summed E-state index contributed by atoms with van der Waals surface area (Å²) in [4.78, 5) is 15.3. The SMILES string of the molecule is O=C1C=C[C@H]2C3Cc4ccc(O)c5c4C2(CCN3CC2CC2)[C@H]1O5. The molecule has 5 aliphatic rings. The number of aromatic hydroxyl groups is 1. The Morgan fingerprint density at radius 1 is 1.33 bits per heavy atom. The number of hydrogen-bond acceptors (Lipinski definition) is 4. The molecule has 4 nitrogen and oxygen atoms in total. The quantitative estimate of drug-likeness (QED) is 0.906. The molecule has 3 aliphatic carbocycles. The van der Waals surface area contributed by atoms with Crippen molar-refractivity contribution in [3.8, 4) is 11.5 Å². The molecule has 0 amide bonds. The number of rotatable bonds is 2. The summed E-state index contributed by atoms with van der Waals surface area (Å²) >= 11 is 0. The van der Waals surface area contributed by atoms with Crippen LogP contribution in [0.2, 0.25) is 0 Å². The minimum Gasteiger partial charge on any atom is -0.504 e. The van der Waals surface area contributed by atoms with Crippen molar-refractivity contribution in [2.75, 3.05) is 13.1 Å². The van der Waals surface area contributed by atoms with E-state index in [9.17, 15) is 9.90 Å². The van der Waals surface area contributed by atoms with E-state index < -0.39 is 6.10 Å². The molecular weight excluding hydrogens is 302 g/mol. The van der Waals surface area contributed by atoms with Crippen molar-refractivity contribution in [3.05, 3.63) is 35.4 Å². The van der Waals surface area contributed by atoms with E-state index in [0.29, 0.717) is 17.7 Å². The molecule has 2 fully saturated rings. The second-order valence-electron chi connectivity index (χ2n) is 8.23. The standard InChI is InChI=1S/C20H21NO3/c22-15-5-3-12-9-14-13-4-6-16(23)19-20(13,17(12)18(15)24-19)7-8-21(14)10-11-1-2-11/h3-6,11,13-14,19,22H,1-2,7-10H2/t13-,14?,19-,20?/m0/s1. The first-order valence-corrected chi connectivity index (χ1v) is 9.16. The van der Waals surface area contributed by atoms with Crippen molar-refractivity contribution in [3.63, 3.8) is 0 Å². The number of hydrogen-bond donors (Lipinski definition) is 1. The van der Waals surface area contributed by atoms with Crippen molar-refractivity contribution in [1.29, 1.82) is 0 Å². The molecule has 24 heavy (non-hydrogen) atoms. The first-order valence-electron chi connectivity index (χ1n) is 9.16. The van der Waals surface area contributed by atoms with E-state index in [1.165, 1.54) is 24.9 Å². The number of ether oxygens (including phenoxy) is 1. The lowest BCUT2D eigenvalue weighted by Crippen LogP contribution is -2.65. The normalized spacial score (nSPS) is 38.8. The molecule has 4 atom stereocenters. The molecule has 1 saturated carbocycles. The maximum absolute atomic E-state index is 12.6. The van der Waals surface area contributed by atoms with E-state index in [4.69, 9.17) is 4.74 Å². The fourth-order valence-electron chi connectivity index (χ4n) is 5.83. The summed E-state index contributed by atoms with van der Waals surface area (Å²) in [6.45, 7) is 2.23. The van der Waals surface area contributed by atoms with E-state index >= 15 is 0 Å². The zero-order chi connectivity index (χ0) is 16.1. The highest BCUT2D eigenvalue weighted by Crippen LogP contribution is 2.62. The number of carbonyl (C=O) groups excluding carboxylic acids is 1. The van der Waals surface area contributed by atoms with Crippen LogP contribution in [-0.4, -0.2) is 41.0 Å². The van der Waals surface area contributed by atoms with Crippen LogP contribution in [0.1, 0.15) is 30.4 Å². The maximum Gasteiger partial charge on any atom is 0.196 e. The van der Waals surface area contributed by atoms with Crippen LogP contribution in [0.4, 0.5) is 0 Å². The number of piperidine rings is 1. The molecule has 124 valence electrons. The summed E-state index contributed by atoms with van der Waals surface area (Å²) in [7, 11) is 0. The Hall–Kier alpha value is -1.81. The van der Waals surface area contributed by atoms with Crippen LogP contribution in [0.25, 0.3) is 0 Å². The Morgan fingerprint density at radius 3 is 3.04 bits per heavy atom. The molecule has 6 rings (SSSR count). The Morgan fingerprint density at radius 2 is 2.21 bits per heavy atom. The molecule has 1 N–H and O–H groups in total. The third-order valence-electron chi connectivity index (χ3n) is 7.03. The van der Waals surface area contributed by atoms with Gasteiger partial charge in [-0.05, 0) is 55.9 Å².